The summed E-state index contributed by atoms with van der Waals surface area (Å²) < 4.78 is 0.792. The van der Waals surface area contributed by atoms with Gasteiger partial charge in [0.25, 0.3) is 0 Å². The van der Waals surface area contributed by atoms with Crippen LogP contribution < -0.4 is 5.32 Å². The van der Waals surface area contributed by atoms with E-state index in [1.807, 2.05) is 12.1 Å². The van der Waals surface area contributed by atoms with Gasteiger partial charge in [-0.2, -0.15) is 0 Å². The summed E-state index contributed by atoms with van der Waals surface area (Å²) in [5.74, 6) is -0.890. The van der Waals surface area contributed by atoms with Crippen molar-refractivity contribution in [3.05, 3.63) is 28.2 Å². The van der Waals surface area contributed by atoms with Gasteiger partial charge in [-0.1, -0.05) is 29.3 Å². The van der Waals surface area contributed by atoms with Crippen LogP contribution in [0.2, 0.25) is 0 Å². The number of halogens is 1. The van der Waals surface area contributed by atoms with E-state index in [2.05, 4.69) is 28.2 Å². The quantitative estimate of drug-likeness (QED) is 0.830. The number of nitrogens with one attached hydrogen (secondary N) is 1. The number of carboxylic acids is 1. The number of anilines is 1. The topological polar surface area (TPSA) is 49.3 Å². The zero-order valence-electron chi connectivity index (χ0n) is 10.5. The highest BCUT2D eigenvalue weighted by atomic mass is 79.9. The molecule has 2 rings (SSSR count). The molecule has 1 aromatic rings. The number of hydrogen-bond donors (Lipinski definition) is 2. The number of aromatic carboxylic acids is 1. The average molecular weight is 312 g/mol. The summed E-state index contributed by atoms with van der Waals surface area (Å²) >= 11 is 3.30. The Hall–Kier alpha value is -1.03. The van der Waals surface area contributed by atoms with Crippen LogP contribution in [-0.4, -0.2) is 17.6 Å². The molecule has 1 aliphatic rings. The van der Waals surface area contributed by atoms with Gasteiger partial charge in [-0.05, 0) is 42.9 Å². The molecule has 0 spiro atoms. The fraction of sp³-hybridized carbons (Fsp3) is 0.500. The molecule has 0 aromatic heterocycles. The van der Waals surface area contributed by atoms with Crippen LogP contribution in [0.4, 0.5) is 5.69 Å². The van der Waals surface area contributed by atoms with Gasteiger partial charge in [-0.15, -0.1) is 0 Å². The van der Waals surface area contributed by atoms with E-state index in [4.69, 9.17) is 0 Å². The maximum absolute atomic E-state index is 11.2. The summed E-state index contributed by atoms with van der Waals surface area (Å²) in [6.45, 7) is 3.07. The third kappa shape index (κ3) is 3.05. The third-order valence-electron chi connectivity index (χ3n) is 3.60. The molecule has 1 fully saturated rings. The van der Waals surface area contributed by atoms with Crippen molar-refractivity contribution in [2.75, 3.05) is 11.9 Å². The van der Waals surface area contributed by atoms with Crippen LogP contribution in [-0.2, 0) is 0 Å². The van der Waals surface area contributed by atoms with Crippen molar-refractivity contribution >= 4 is 27.6 Å². The molecule has 98 valence electrons. The Kier molecular flexibility index (Phi) is 3.95. The Balaban J connectivity index is 2.07. The van der Waals surface area contributed by atoms with Crippen LogP contribution >= 0.6 is 15.9 Å². The van der Waals surface area contributed by atoms with Crippen molar-refractivity contribution in [3.8, 4) is 0 Å². The second kappa shape index (κ2) is 5.31. The second-order valence-corrected chi connectivity index (χ2v) is 6.01. The molecule has 0 bridgehead atoms. The van der Waals surface area contributed by atoms with Crippen molar-refractivity contribution in [2.45, 2.75) is 32.6 Å². The van der Waals surface area contributed by atoms with E-state index in [-0.39, 0.29) is 0 Å². The highest BCUT2D eigenvalue weighted by molar-refractivity contribution is 9.10. The minimum absolute atomic E-state index is 0.330. The number of carboxylic acid groups (broad SMARTS) is 1. The van der Waals surface area contributed by atoms with Gasteiger partial charge in [-0.25, -0.2) is 4.79 Å². The monoisotopic (exact) mass is 311 g/mol. The summed E-state index contributed by atoms with van der Waals surface area (Å²) in [5.41, 5.74) is 1.46. The van der Waals surface area contributed by atoms with Crippen LogP contribution in [0.15, 0.2) is 22.7 Å². The first-order chi connectivity index (χ1) is 8.56. The van der Waals surface area contributed by atoms with E-state index in [1.165, 1.54) is 25.7 Å². The predicted octanol–water partition coefficient (Wildman–Crippen LogP) is 4.14. The standard InChI is InChI=1S/C14H18BrNO2/c1-2-5-14(6-7-14)9-16-12-4-3-10(15)8-11(12)13(17)18/h3-4,8,16H,2,5-7,9H2,1H3,(H,17,18). The van der Waals surface area contributed by atoms with Gasteiger partial charge >= 0.3 is 5.97 Å². The highest BCUT2D eigenvalue weighted by Crippen LogP contribution is 2.49. The van der Waals surface area contributed by atoms with Gasteiger partial charge in [0.05, 0.1) is 5.56 Å². The van der Waals surface area contributed by atoms with Crippen molar-refractivity contribution in [3.63, 3.8) is 0 Å². The SMILES string of the molecule is CCCC1(CNc2ccc(Br)cc2C(=O)O)CC1. The molecule has 1 aliphatic carbocycles. The van der Waals surface area contributed by atoms with Crippen molar-refractivity contribution in [1.29, 1.82) is 0 Å². The molecule has 0 saturated heterocycles. The first-order valence-corrected chi connectivity index (χ1v) is 7.12. The van der Waals surface area contributed by atoms with Gasteiger partial charge in [0.2, 0.25) is 0 Å². The minimum atomic E-state index is -0.890. The fourth-order valence-electron chi connectivity index (χ4n) is 2.35. The van der Waals surface area contributed by atoms with E-state index in [1.54, 1.807) is 6.07 Å². The lowest BCUT2D eigenvalue weighted by Gasteiger charge is -2.17. The molecular formula is C14H18BrNO2. The number of benzene rings is 1. The molecule has 2 N–H and O–H groups in total. The number of carbonyl (C=O) groups is 1. The minimum Gasteiger partial charge on any atom is -0.478 e. The van der Waals surface area contributed by atoms with Gasteiger partial charge in [0, 0.05) is 16.7 Å². The number of rotatable bonds is 6. The Bertz CT molecular complexity index is 455. The summed E-state index contributed by atoms with van der Waals surface area (Å²) in [5, 5.41) is 12.5. The van der Waals surface area contributed by atoms with E-state index in [9.17, 15) is 9.90 Å². The van der Waals surface area contributed by atoms with Crippen molar-refractivity contribution in [1.82, 2.24) is 0 Å². The summed E-state index contributed by atoms with van der Waals surface area (Å²) in [4.78, 5) is 11.2. The van der Waals surface area contributed by atoms with Crippen LogP contribution in [0.25, 0.3) is 0 Å². The summed E-state index contributed by atoms with van der Waals surface area (Å²) in [7, 11) is 0. The molecule has 0 atom stereocenters. The van der Waals surface area contributed by atoms with E-state index in [0.717, 1.165) is 11.0 Å². The van der Waals surface area contributed by atoms with Crippen LogP contribution in [0, 0.1) is 5.41 Å². The zero-order valence-corrected chi connectivity index (χ0v) is 12.1. The lowest BCUT2D eigenvalue weighted by Crippen LogP contribution is -2.17. The molecule has 18 heavy (non-hydrogen) atoms. The van der Waals surface area contributed by atoms with Crippen LogP contribution in [0.3, 0.4) is 0 Å². The lowest BCUT2D eigenvalue weighted by atomic mass is 10.0. The highest BCUT2D eigenvalue weighted by Gasteiger charge is 2.41. The van der Waals surface area contributed by atoms with Gasteiger partial charge in [0.1, 0.15) is 0 Å². The van der Waals surface area contributed by atoms with Gasteiger partial charge < -0.3 is 10.4 Å². The van der Waals surface area contributed by atoms with Crippen LogP contribution in [0.5, 0.6) is 0 Å². The smallest absolute Gasteiger partial charge is 0.337 e. The molecule has 0 heterocycles. The van der Waals surface area contributed by atoms with Crippen molar-refractivity contribution < 1.29 is 9.90 Å². The third-order valence-corrected chi connectivity index (χ3v) is 4.10. The largest absolute Gasteiger partial charge is 0.478 e. The molecule has 1 saturated carbocycles. The van der Waals surface area contributed by atoms with Gasteiger partial charge in [0.15, 0.2) is 0 Å². The first-order valence-electron chi connectivity index (χ1n) is 6.33. The lowest BCUT2D eigenvalue weighted by molar-refractivity contribution is 0.0698. The molecule has 1 aromatic carbocycles. The molecule has 0 radical (unpaired) electrons. The van der Waals surface area contributed by atoms with E-state index in [0.29, 0.717) is 16.7 Å². The van der Waals surface area contributed by atoms with Crippen molar-refractivity contribution in [2.24, 2.45) is 5.41 Å². The summed E-state index contributed by atoms with van der Waals surface area (Å²) in [6.07, 6.45) is 4.92. The Labute approximate surface area is 116 Å². The average Bonchev–Trinajstić information content (AvgIpc) is 3.08. The Morgan fingerprint density at radius 1 is 1.50 bits per heavy atom. The first kappa shape index (κ1) is 13.4. The molecule has 4 heteroatoms. The number of hydrogen-bond acceptors (Lipinski definition) is 2. The Morgan fingerprint density at radius 2 is 2.22 bits per heavy atom. The van der Waals surface area contributed by atoms with E-state index < -0.39 is 5.97 Å². The molecule has 0 aliphatic heterocycles. The van der Waals surface area contributed by atoms with Crippen LogP contribution in [0.1, 0.15) is 43.0 Å². The molecular weight excluding hydrogens is 294 g/mol. The van der Waals surface area contributed by atoms with E-state index >= 15 is 0 Å². The Morgan fingerprint density at radius 3 is 2.78 bits per heavy atom. The zero-order chi connectivity index (χ0) is 13.2. The van der Waals surface area contributed by atoms with Gasteiger partial charge in [-0.3, -0.25) is 0 Å². The second-order valence-electron chi connectivity index (χ2n) is 5.10. The molecule has 3 nitrogen and oxygen atoms in total. The normalized spacial score (nSPS) is 16.3. The maximum Gasteiger partial charge on any atom is 0.337 e. The maximum atomic E-state index is 11.2. The predicted molar refractivity (Wildman–Crippen MR) is 76.2 cm³/mol. The fourth-order valence-corrected chi connectivity index (χ4v) is 2.71. The summed E-state index contributed by atoms with van der Waals surface area (Å²) in [6, 6.07) is 5.34. The molecule has 0 amide bonds. The molecule has 0 unspecified atom stereocenters.